The van der Waals surface area contributed by atoms with Crippen molar-refractivity contribution < 1.29 is 9.84 Å². The van der Waals surface area contributed by atoms with E-state index in [2.05, 4.69) is 15.3 Å². The number of methoxy groups -OCH3 is 1. The molecule has 0 fully saturated rings. The highest BCUT2D eigenvalue weighted by Crippen LogP contribution is 2.32. The SMILES string of the molecule is COc1ccc(-n2nnc(C(O)c3c(Cl)ccc4cncn34)c2Cl)cc1. The van der Waals surface area contributed by atoms with Gasteiger partial charge in [0.1, 0.15) is 17.5 Å². The largest absolute Gasteiger partial charge is 0.497 e. The van der Waals surface area contributed by atoms with Crippen LogP contribution < -0.4 is 4.74 Å². The van der Waals surface area contributed by atoms with Crippen LogP contribution in [0.1, 0.15) is 17.5 Å². The lowest BCUT2D eigenvalue weighted by molar-refractivity contribution is 0.209. The lowest BCUT2D eigenvalue weighted by atomic mass is 10.1. The highest BCUT2D eigenvalue weighted by molar-refractivity contribution is 6.31. The molecule has 7 nitrogen and oxygen atoms in total. The van der Waals surface area contributed by atoms with E-state index >= 15 is 0 Å². The standard InChI is InChI=1S/C17H13Cl2N5O2/c1-26-12-5-2-10(3-6-12)24-17(19)14(21-22-24)16(25)15-13(18)7-4-11-8-20-9-23(11)15/h2-9,16,25H,1H3. The van der Waals surface area contributed by atoms with Gasteiger partial charge in [0.15, 0.2) is 5.15 Å². The summed E-state index contributed by atoms with van der Waals surface area (Å²) in [5, 5.41) is 19.5. The van der Waals surface area contributed by atoms with Crippen molar-refractivity contribution in [3.05, 3.63) is 70.5 Å². The van der Waals surface area contributed by atoms with E-state index in [1.165, 1.54) is 4.68 Å². The fourth-order valence-electron chi connectivity index (χ4n) is 2.72. The van der Waals surface area contributed by atoms with Crippen LogP contribution in [0.5, 0.6) is 5.75 Å². The van der Waals surface area contributed by atoms with Crippen LogP contribution >= 0.6 is 23.2 Å². The third-order valence-corrected chi connectivity index (χ3v) is 4.72. The first-order valence-corrected chi connectivity index (χ1v) is 8.40. The Morgan fingerprint density at radius 1 is 1.12 bits per heavy atom. The molecule has 0 radical (unpaired) electrons. The molecule has 0 amide bonds. The molecule has 26 heavy (non-hydrogen) atoms. The van der Waals surface area contributed by atoms with E-state index in [0.717, 1.165) is 5.52 Å². The number of hydrogen-bond donors (Lipinski definition) is 1. The van der Waals surface area contributed by atoms with Crippen LogP contribution in [0.2, 0.25) is 10.2 Å². The molecule has 9 heteroatoms. The van der Waals surface area contributed by atoms with E-state index in [-0.39, 0.29) is 10.8 Å². The van der Waals surface area contributed by atoms with Crippen LogP contribution in [0, 0.1) is 0 Å². The molecular weight excluding hydrogens is 377 g/mol. The number of benzene rings is 1. The van der Waals surface area contributed by atoms with Crippen LogP contribution in [0.3, 0.4) is 0 Å². The molecule has 4 aromatic rings. The van der Waals surface area contributed by atoms with Crippen molar-refractivity contribution in [2.45, 2.75) is 6.10 Å². The summed E-state index contributed by atoms with van der Waals surface area (Å²) >= 11 is 12.7. The molecule has 1 aromatic carbocycles. The van der Waals surface area contributed by atoms with E-state index in [1.54, 1.807) is 60.4 Å². The van der Waals surface area contributed by atoms with Crippen molar-refractivity contribution in [3.63, 3.8) is 0 Å². The molecular formula is C17H13Cl2N5O2. The van der Waals surface area contributed by atoms with Gasteiger partial charge in [0.05, 0.1) is 41.6 Å². The van der Waals surface area contributed by atoms with E-state index < -0.39 is 6.10 Å². The number of ether oxygens (including phenoxy) is 1. The zero-order valence-electron chi connectivity index (χ0n) is 13.5. The molecule has 132 valence electrons. The minimum atomic E-state index is -1.17. The van der Waals surface area contributed by atoms with Gasteiger partial charge in [0.25, 0.3) is 0 Å². The zero-order chi connectivity index (χ0) is 18.3. The van der Waals surface area contributed by atoms with Crippen molar-refractivity contribution in [1.82, 2.24) is 24.4 Å². The minimum absolute atomic E-state index is 0.191. The van der Waals surface area contributed by atoms with E-state index in [1.807, 2.05) is 0 Å². The first-order chi connectivity index (χ1) is 12.6. The van der Waals surface area contributed by atoms with Gasteiger partial charge in [-0.3, -0.25) is 4.40 Å². The summed E-state index contributed by atoms with van der Waals surface area (Å²) < 4.78 is 8.26. The summed E-state index contributed by atoms with van der Waals surface area (Å²) in [4.78, 5) is 4.08. The van der Waals surface area contributed by atoms with Crippen molar-refractivity contribution in [1.29, 1.82) is 0 Å². The van der Waals surface area contributed by atoms with Crippen molar-refractivity contribution in [2.24, 2.45) is 0 Å². The van der Waals surface area contributed by atoms with Crippen LogP contribution in [0.15, 0.2) is 48.9 Å². The van der Waals surface area contributed by atoms with E-state index in [4.69, 9.17) is 27.9 Å². The predicted octanol–water partition coefficient (Wildman–Crippen LogP) is 3.31. The normalized spacial score (nSPS) is 12.5. The molecule has 1 atom stereocenters. The van der Waals surface area contributed by atoms with Crippen LogP contribution in [0.25, 0.3) is 11.2 Å². The fraction of sp³-hybridized carbons (Fsp3) is 0.118. The Bertz CT molecular complexity index is 1070. The van der Waals surface area contributed by atoms with E-state index in [0.29, 0.717) is 22.2 Å². The Labute approximate surface area is 158 Å². The molecule has 0 spiro atoms. The van der Waals surface area contributed by atoms with Gasteiger partial charge in [0.2, 0.25) is 0 Å². The summed E-state index contributed by atoms with van der Waals surface area (Å²) in [6, 6.07) is 10.7. The summed E-state index contributed by atoms with van der Waals surface area (Å²) in [6.07, 6.45) is 2.07. The zero-order valence-corrected chi connectivity index (χ0v) is 15.1. The molecule has 1 unspecified atom stereocenters. The number of aliphatic hydroxyl groups excluding tert-OH is 1. The van der Waals surface area contributed by atoms with Gasteiger partial charge in [0, 0.05) is 0 Å². The summed E-state index contributed by atoms with van der Waals surface area (Å²) in [7, 11) is 1.59. The maximum absolute atomic E-state index is 10.9. The highest BCUT2D eigenvalue weighted by atomic mass is 35.5. The number of nitrogens with zero attached hydrogens (tertiary/aromatic N) is 5. The highest BCUT2D eigenvalue weighted by Gasteiger charge is 2.25. The van der Waals surface area contributed by atoms with Gasteiger partial charge in [-0.2, -0.15) is 0 Å². The first kappa shape index (κ1) is 16.8. The number of halogens is 2. The smallest absolute Gasteiger partial charge is 0.159 e. The van der Waals surface area contributed by atoms with Crippen molar-refractivity contribution in [2.75, 3.05) is 7.11 Å². The number of aliphatic hydroxyl groups is 1. The fourth-order valence-corrected chi connectivity index (χ4v) is 3.25. The number of fused-ring (bicyclic) bond motifs is 1. The molecule has 0 aliphatic carbocycles. The topological polar surface area (TPSA) is 77.5 Å². The van der Waals surface area contributed by atoms with Gasteiger partial charge in [-0.05, 0) is 36.4 Å². The van der Waals surface area contributed by atoms with Gasteiger partial charge < -0.3 is 9.84 Å². The van der Waals surface area contributed by atoms with Gasteiger partial charge in [-0.1, -0.05) is 28.4 Å². The second-order valence-corrected chi connectivity index (χ2v) is 6.30. The Morgan fingerprint density at radius 2 is 1.88 bits per heavy atom. The Hall–Kier alpha value is -2.61. The number of hydrogen-bond acceptors (Lipinski definition) is 5. The Morgan fingerprint density at radius 3 is 2.62 bits per heavy atom. The Kier molecular flexibility index (Phi) is 4.28. The molecule has 3 heterocycles. The summed E-state index contributed by atoms with van der Waals surface area (Å²) in [5.41, 5.74) is 2.10. The average molecular weight is 390 g/mol. The number of imidazole rings is 1. The number of pyridine rings is 1. The lowest BCUT2D eigenvalue weighted by Gasteiger charge is -2.13. The molecule has 0 aliphatic rings. The minimum Gasteiger partial charge on any atom is -0.497 e. The number of rotatable bonds is 4. The third kappa shape index (κ3) is 2.70. The molecule has 3 aromatic heterocycles. The van der Waals surface area contributed by atoms with E-state index in [9.17, 15) is 5.11 Å². The maximum atomic E-state index is 10.9. The predicted molar refractivity (Wildman–Crippen MR) is 97.2 cm³/mol. The molecule has 0 saturated carbocycles. The monoisotopic (exact) mass is 389 g/mol. The molecule has 1 N–H and O–H groups in total. The number of aromatic nitrogens is 5. The van der Waals surface area contributed by atoms with Gasteiger partial charge in [-0.25, -0.2) is 9.67 Å². The van der Waals surface area contributed by atoms with Crippen molar-refractivity contribution >= 4 is 28.7 Å². The third-order valence-electron chi connectivity index (χ3n) is 4.05. The first-order valence-electron chi connectivity index (χ1n) is 7.64. The van der Waals surface area contributed by atoms with Crippen LogP contribution in [-0.4, -0.2) is 36.6 Å². The Balaban J connectivity index is 1.77. The maximum Gasteiger partial charge on any atom is 0.159 e. The molecule has 0 saturated heterocycles. The second kappa shape index (κ2) is 6.60. The quantitative estimate of drug-likeness (QED) is 0.579. The molecule has 0 bridgehead atoms. The molecule has 0 aliphatic heterocycles. The molecule has 4 rings (SSSR count). The lowest BCUT2D eigenvalue weighted by Crippen LogP contribution is -2.08. The van der Waals surface area contributed by atoms with Crippen molar-refractivity contribution in [3.8, 4) is 11.4 Å². The van der Waals surface area contributed by atoms with Crippen LogP contribution in [-0.2, 0) is 0 Å². The summed E-state index contributed by atoms with van der Waals surface area (Å²) in [5.74, 6) is 0.712. The van der Waals surface area contributed by atoms with Gasteiger partial charge in [-0.15, -0.1) is 5.10 Å². The van der Waals surface area contributed by atoms with Gasteiger partial charge >= 0.3 is 0 Å². The van der Waals surface area contributed by atoms with Crippen LogP contribution in [0.4, 0.5) is 0 Å². The average Bonchev–Trinajstić information content (AvgIpc) is 3.28. The summed E-state index contributed by atoms with van der Waals surface area (Å²) in [6.45, 7) is 0. The second-order valence-electron chi connectivity index (χ2n) is 5.53.